The minimum Gasteiger partial charge on any atom is -0.497 e. The van der Waals surface area contributed by atoms with Crippen LogP contribution in [0, 0.1) is 0 Å². The van der Waals surface area contributed by atoms with Gasteiger partial charge < -0.3 is 14.2 Å². The van der Waals surface area contributed by atoms with Gasteiger partial charge in [0.1, 0.15) is 11.5 Å². The first kappa shape index (κ1) is 20.4. The molecule has 0 radical (unpaired) electrons. The first-order chi connectivity index (χ1) is 12.8. The average Bonchev–Trinajstić information content (AvgIpc) is 2.71. The number of rotatable bonds is 8. The van der Waals surface area contributed by atoms with Crippen molar-refractivity contribution in [2.45, 2.75) is 4.90 Å². The van der Waals surface area contributed by atoms with Gasteiger partial charge in [-0.1, -0.05) is 6.07 Å². The van der Waals surface area contributed by atoms with Gasteiger partial charge in [-0.05, 0) is 37.4 Å². The van der Waals surface area contributed by atoms with Crippen molar-refractivity contribution in [2.75, 3.05) is 27.9 Å². The van der Waals surface area contributed by atoms with Crippen molar-refractivity contribution in [3.63, 3.8) is 0 Å². The molecule has 0 aliphatic carbocycles. The first-order valence-corrected chi connectivity index (χ1v) is 9.26. The van der Waals surface area contributed by atoms with E-state index in [0.717, 1.165) is 0 Å². The van der Waals surface area contributed by atoms with Crippen molar-refractivity contribution >= 4 is 21.8 Å². The summed E-state index contributed by atoms with van der Waals surface area (Å²) in [6.45, 7) is -0.523. The Morgan fingerprint density at radius 2 is 1.78 bits per heavy atom. The van der Waals surface area contributed by atoms with Crippen LogP contribution >= 0.6 is 0 Å². The zero-order valence-corrected chi connectivity index (χ0v) is 15.8. The molecule has 144 valence electrons. The molecule has 2 rings (SSSR count). The van der Waals surface area contributed by atoms with Crippen LogP contribution in [0.4, 0.5) is 0 Å². The van der Waals surface area contributed by atoms with Crippen LogP contribution in [0.5, 0.6) is 11.5 Å². The summed E-state index contributed by atoms with van der Waals surface area (Å²) in [5.74, 6) is -0.480. The molecule has 2 aromatic rings. The van der Waals surface area contributed by atoms with Crippen LogP contribution in [-0.4, -0.2) is 48.0 Å². The largest absolute Gasteiger partial charge is 0.497 e. The molecule has 0 aromatic heterocycles. The molecule has 0 unspecified atom stereocenters. The van der Waals surface area contributed by atoms with Gasteiger partial charge in [-0.3, -0.25) is 4.79 Å². The molecule has 1 N–H and O–H groups in total. The predicted molar refractivity (Wildman–Crippen MR) is 96.8 cm³/mol. The summed E-state index contributed by atoms with van der Waals surface area (Å²) in [7, 11) is 0.462. The Labute approximate surface area is 157 Å². The number of hydrogen-bond acceptors (Lipinski definition) is 7. The van der Waals surface area contributed by atoms with Gasteiger partial charge in [0.25, 0.3) is 0 Å². The monoisotopic (exact) mass is 393 g/mol. The fourth-order valence-corrected chi connectivity index (χ4v) is 3.00. The Hall–Kier alpha value is -2.91. The van der Waals surface area contributed by atoms with E-state index in [-0.39, 0.29) is 21.8 Å². The fraction of sp³-hybridized carbons (Fsp3) is 0.222. The SMILES string of the molecule is CNS(=O)(=O)c1cccc(C(=O)OCC(=O)c2ccc(OC)cc2OC)c1. The van der Waals surface area contributed by atoms with E-state index in [9.17, 15) is 18.0 Å². The highest BCUT2D eigenvalue weighted by molar-refractivity contribution is 7.89. The third-order valence-electron chi connectivity index (χ3n) is 3.69. The van der Waals surface area contributed by atoms with Gasteiger partial charge in [-0.2, -0.15) is 0 Å². The minimum absolute atomic E-state index is 0.0146. The third-order valence-corrected chi connectivity index (χ3v) is 5.10. The lowest BCUT2D eigenvalue weighted by Gasteiger charge is -2.10. The highest BCUT2D eigenvalue weighted by atomic mass is 32.2. The van der Waals surface area contributed by atoms with Crippen LogP contribution in [0.1, 0.15) is 20.7 Å². The molecule has 0 aliphatic rings. The van der Waals surface area contributed by atoms with Gasteiger partial charge in [0.05, 0.1) is 30.2 Å². The van der Waals surface area contributed by atoms with E-state index >= 15 is 0 Å². The van der Waals surface area contributed by atoms with Gasteiger partial charge in [0.15, 0.2) is 6.61 Å². The number of Topliss-reactive ketones (excluding diaryl/α,β-unsaturated/α-hetero) is 1. The second kappa shape index (κ2) is 8.65. The van der Waals surface area contributed by atoms with Gasteiger partial charge in [0.2, 0.25) is 15.8 Å². The second-order valence-electron chi connectivity index (χ2n) is 5.30. The summed E-state index contributed by atoms with van der Waals surface area (Å²) >= 11 is 0. The molecule has 0 atom stereocenters. The van der Waals surface area contributed by atoms with E-state index in [1.165, 1.54) is 51.6 Å². The smallest absolute Gasteiger partial charge is 0.338 e. The Balaban J connectivity index is 2.12. The van der Waals surface area contributed by atoms with E-state index in [4.69, 9.17) is 14.2 Å². The van der Waals surface area contributed by atoms with E-state index < -0.39 is 28.4 Å². The van der Waals surface area contributed by atoms with Crippen LogP contribution in [0.25, 0.3) is 0 Å². The highest BCUT2D eigenvalue weighted by Crippen LogP contribution is 2.25. The lowest BCUT2D eigenvalue weighted by atomic mass is 10.1. The lowest BCUT2D eigenvalue weighted by molar-refractivity contribution is 0.0473. The van der Waals surface area contributed by atoms with E-state index in [1.54, 1.807) is 12.1 Å². The first-order valence-electron chi connectivity index (χ1n) is 7.78. The maximum absolute atomic E-state index is 12.3. The number of benzene rings is 2. The van der Waals surface area contributed by atoms with Gasteiger partial charge in [-0.25, -0.2) is 17.9 Å². The number of sulfonamides is 1. The van der Waals surface area contributed by atoms with E-state index in [1.807, 2.05) is 0 Å². The molecule has 8 nitrogen and oxygen atoms in total. The van der Waals surface area contributed by atoms with Gasteiger partial charge >= 0.3 is 5.97 Å². The summed E-state index contributed by atoms with van der Waals surface area (Å²) in [6, 6.07) is 9.96. The fourth-order valence-electron chi connectivity index (χ4n) is 2.23. The molecule has 2 aromatic carbocycles. The Morgan fingerprint density at radius 1 is 1.04 bits per heavy atom. The second-order valence-corrected chi connectivity index (χ2v) is 7.19. The summed E-state index contributed by atoms with van der Waals surface area (Å²) in [5.41, 5.74) is 0.249. The van der Waals surface area contributed by atoms with Crippen molar-refractivity contribution in [1.82, 2.24) is 4.72 Å². The van der Waals surface area contributed by atoms with Crippen LogP contribution in [0.2, 0.25) is 0 Å². The van der Waals surface area contributed by atoms with E-state index in [0.29, 0.717) is 5.75 Å². The molecule has 0 bridgehead atoms. The summed E-state index contributed by atoms with van der Waals surface area (Å²) < 4.78 is 41.0. The number of esters is 1. The standard InChI is InChI=1S/C18H19NO7S/c1-19-27(22,23)14-6-4-5-12(9-14)18(21)26-11-16(20)15-8-7-13(24-2)10-17(15)25-3/h4-10,19H,11H2,1-3H3. The van der Waals surface area contributed by atoms with Crippen molar-refractivity contribution in [2.24, 2.45) is 0 Å². The highest BCUT2D eigenvalue weighted by Gasteiger charge is 2.18. The summed E-state index contributed by atoms with van der Waals surface area (Å²) in [4.78, 5) is 24.4. The van der Waals surface area contributed by atoms with Crippen LogP contribution < -0.4 is 14.2 Å². The molecule has 0 aliphatic heterocycles. The Kier molecular flexibility index (Phi) is 6.54. The number of carbonyl (C=O) groups is 2. The lowest BCUT2D eigenvalue weighted by Crippen LogP contribution is -2.19. The number of carbonyl (C=O) groups excluding carboxylic acids is 2. The Bertz CT molecular complexity index is 954. The summed E-state index contributed by atoms with van der Waals surface area (Å²) in [5, 5.41) is 0. The van der Waals surface area contributed by atoms with E-state index in [2.05, 4.69) is 4.72 Å². The quantitative estimate of drug-likeness (QED) is 0.537. The third kappa shape index (κ3) is 4.83. The maximum Gasteiger partial charge on any atom is 0.338 e. The summed E-state index contributed by atoms with van der Waals surface area (Å²) in [6.07, 6.45) is 0. The number of ether oxygens (including phenoxy) is 3. The van der Waals surface area contributed by atoms with Crippen molar-refractivity contribution in [1.29, 1.82) is 0 Å². The number of nitrogens with one attached hydrogen (secondary N) is 1. The molecule has 0 fully saturated rings. The molecular formula is C18H19NO7S. The minimum atomic E-state index is -3.70. The number of methoxy groups -OCH3 is 2. The van der Waals surface area contributed by atoms with Crippen LogP contribution in [-0.2, 0) is 14.8 Å². The molecule has 9 heteroatoms. The molecule has 27 heavy (non-hydrogen) atoms. The number of hydrogen-bond donors (Lipinski definition) is 1. The molecule has 0 heterocycles. The molecule has 0 saturated heterocycles. The average molecular weight is 393 g/mol. The molecule has 0 amide bonds. The predicted octanol–water partition coefficient (Wildman–Crippen LogP) is 1.65. The van der Waals surface area contributed by atoms with Gasteiger partial charge in [0, 0.05) is 6.07 Å². The molecular weight excluding hydrogens is 374 g/mol. The van der Waals surface area contributed by atoms with Crippen molar-refractivity contribution in [3.05, 3.63) is 53.6 Å². The maximum atomic E-state index is 12.3. The molecule has 0 spiro atoms. The zero-order chi connectivity index (χ0) is 20.0. The van der Waals surface area contributed by atoms with Crippen LogP contribution in [0.3, 0.4) is 0 Å². The normalized spacial score (nSPS) is 10.9. The van der Waals surface area contributed by atoms with Crippen LogP contribution in [0.15, 0.2) is 47.4 Å². The topological polar surface area (TPSA) is 108 Å². The van der Waals surface area contributed by atoms with Crippen molar-refractivity contribution in [3.8, 4) is 11.5 Å². The van der Waals surface area contributed by atoms with Crippen molar-refractivity contribution < 1.29 is 32.2 Å². The Morgan fingerprint density at radius 3 is 2.41 bits per heavy atom. The molecule has 0 saturated carbocycles. The van der Waals surface area contributed by atoms with Gasteiger partial charge in [-0.15, -0.1) is 0 Å². The number of ketones is 1. The zero-order valence-electron chi connectivity index (χ0n) is 15.0.